The number of hydroxylamine groups is 2. The average molecular weight is 519 g/mol. The zero-order chi connectivity index (χ0) is 25.5. The van der Waals surface area contributed by atoms with Gasteiger partial charge in [0.1, 0.15) is 47.8 Å². The van der Waals surface area contributed by atoms with Gasteiger partial charge in [0, 0.05) is 50.0 Å². The van der Waals surface area contributed by atoms with Gasteiger partial charge in [0.05, 0.1) is 12.1 Å². The second-order valence-electron chi connectivity index (χ2n) is 10.3. The van der Waals surface area contributed by atoms with Crippen molar-refractivity contribution in [2.75, 3.05) is 39.4 Å². The fraction of sp³-hybridized carbons (Fsp3) is 0.500. The molecule has 5 rings (SSSR count). The number of aliphatic hydroxyl groups is 2. The first-order chi connectivity index (χ1) is 17.1. The number of carbonyl (C=O) groups is 1. The lowest BCUT2D eigenvalue weighted by atomic mass is 9.87. The summed E-state index contributed by atoms with van der Waals surface area (Å²) < 4.78 is 12.1. The molecule has 3 N–H and O–H groups in total. The molecule has 1 spiro atoms. The van der Waals surface area contributed by atoms with E-state index >= 15 is 0 Å². The lowest BCUT2D eigenvalue weighted by Gasteiger charge is -2.39. The summed E-state index contributed by atoms with van der Waals surface area (Å²) in [6.07, 6.45) is 1.73. The SMILES string of the molecule is C[C@]1(O)CON(C(=O)c2ccc(O)cc2OC[C@H](O)CN2CCC3(CC2)Cc2cc(Cl)ccc2O3)C1. The van der Waals surface area contributed by atoms with Crippen LogP contribution in [-0.4, -0.2) is 87.9 Å². The van der Waals surface area contributed by atoms with Crippen LogP contribution in [0.15, 0.2) is 36.4 Å². The third-order valence-electron chi connectivity index (χ3n) is 6.97. The number of aromatic hydroxyl groups is 1. The summed E-state index contributed by atoms with van der Waals surface area (Å²) in [6, 6.07) is 9.90. The number of aliphatic hydroxyl groups excluding tert-OH is 1. The van der Waals surface area contributed by atoms with Gasteiger partial charge in [-0.05, 0) is 42.8 Å². The predicted octanol–water partition coefficient (Wildman–Crippen LogP) is 2.39. The normalized spacial score (nSPS) is 23.9. The molecule has 0 aromatic heterocycles. The molecule has 0 aliphatic carbocycles. The minimum absolute atomic E-state index is 0.00766. The lowest BCUT2D eigenvalue weighted by molar-refractivity contribution is -0.0799. The molecule has 2 aromatic carbocycles. The van der Waals surface area contributed by atoms with Crippen molar-refractivity contribution in [3.8, 4) is 17.2 Å². The number of nitrogens with zero attached hydrogens (tertiary/aromatic N) is 2. The summed E-state index contributed by atoms with van der Waals surface area (Å²) in [5, 5.41) is 32.4. The monoisotopic (exact) mass is 518 g/mol. The van der Waals surface area contributed by atoms with Crippen molar-refractivity contribution in [3.05, 3.63) is 52.5 Å². The molecule has 2 aromatic rings. The van der Waals surface area contributed by atoms with Crippen molar-refractivity contribution in [3.63, 3.8) is 0 Å². The first kappa shape index (κ1) is 25.1. The zero-order valence-corrected chi connectivity index (χ0v) is 20.9. The molecule has 1 amide bonds. The second kappa shape index (κ2) is 9.72. The number of piperidine rings is 1. The van der Waals surface area contributed by atoms with Gasteiger partial charge in [-0.2, -0.15) is 0 Å². The van der Waals surface area contributed by atoms with E-state index in [-0.39, 0.29) is 42.4 Å². The van der Waals surface area contributed by atoms with Crippen molar-refractivity contribution < 1.29 is 34.4 Å². The van der Waals surface area contributed by atoms with Crippen LogP contribution in [0, 0.1) is 0 Å². The highest BCUT2D eigenvalue weighted by Gasteiger charge is 2.42. The third-order valence-corrected chi connectivity index (χ3v) is 7.20. The van der Waals surface area contributed by atoms with Gasteiger partial charge in [-0.15, -0.1) is 0 Å². The molecule has 36 heavy (non-hydrogen) atoms. The van der Waals surface area contributed by atoms with Crippen LogP contribution in [0.1, 0.15) is 35.7 Å². The van der Waals surface area contributed by atoms with E-state index in [4.69, 9.17) is 25.9 Å². The van der Waals surface area contributed by atoms with E-state index in [1.54, 1.807) is 6.92 Å². The Labute approximate surface area is 214 Å². The van der Waals surface area contributed by atoms with Gasteiger partial charge in [0.25, 0.3) is 5.91 Å². The number of carbonyl (C=O) groups excluding carboxylic acids is 1. The van der Waals surface area contributed by atoms with Gasteiger partial charge >= 0.3 is 0 Å². The lowest BCUT2D eigenvalue weighted by Crippen LogP contribution is -2.49. The highest BCUT2D eigenvalue weighted by molar-refractivity contribution is 6.30. The zero-order valence-electron chi connectivity index (χ0n) is 20.2. The Kier molecular flexibility index (Phi) is 6.78. The molecule has 3 aliphatic rings. The Morgan fingerprint density at radius 1 is 1.22 bits per heavy atom. The standard InChI is InChI=1S/C26H31ClN2O7/c1-25(33)15-29(35-16-25)24(32)21-4-3-19(30)11-23(21)34-14-20(31)13-28-8-6-26(7-9-28)12-17-10-18(27)2-5-22(17)36-26/h2-5,10-11,20,30-31,33H,6-9,12-16H2,1H3/t20-,25-/m1/s1. The Hall–Kier alpha value is -2.56. The van der Waals surface area contributed by atoms with Gasteiger partial charge < -0.3 is 29.7 Å². The molecule has 9 nitrogen and oxygen atoms in total. The summed E-state index contributed by atoms with van der Waals surface area (Å²) >= 11 is 6.13. The number of fused-ring (bicyclic) bond motifs is 1. The first-order valence-corrected chi connectivity index (χ1v) is 12.5. The fourth-order valence-corrected chi connectivity index (χ4v) is 5.25. The van der Waals surface area contributed by atoms with Crippen molar-refractivity contribution in [2.24, 2.45) is 0 Å². The second-order valence-corrected chi connectivity index (χ2v) is 10.7. The molecular weight excluding hydrogens is 488 g/mol. The van der Waals surface area contributed by atoms with Crippen LogP contribution in [0.2, 0.25) is 5.02 Å². The smallest absolute Gasteiger partial charge is 0.281 e. The van der Waals surface area contributed by atoms with E-state index in [9.17, 15) is 20.1 Å². The molecule has 0 unspecified atom stereocenters. The molecule has 3 heterocycles. The maximum absolute atomic E-state index is 12.9. The maximum Gasteiger partial charge on any atom is 0.281 e. The summed E-state index contributed by atoms with van der Waals surface area (Å²) in [5.41, 5.74) is -0.0280. The number of likely N-dealkylation sites (tertiary alicyclic amines) is 1. The van der Waals surface area contributed by atoms with Crippen molar-refractivity contribution in [1.29, 1.82) is 0 Å². The molecule has 3 aliphatic heterocycles. The van der Waals surface area contributed by atoms with Crippen molar-refractivity contribution in [2.45, 2.75) is 43.5 Å². The number of benzene rings is 2. The van der Waals surface area contributed by atoms with E-state index in [0.29, 0.717) is 11.6 Å². The highest BCUT2D eigenvalue weighted by Crippen LogP contribution is 2.42. The Morgan fingerprint density at radius 3 is 2.72 bits per heavy atom. The minimum atomic E-state index is -1.13. The Balaban J connectivity index is 1.14. The Morgan fingerprint density at radius 2 is 2.00 bits per heavy atom. The average Bonchev–Trinajstić information content (AvgIpc) is 3.38. The first-order valence-electron chi connectivity index (χ1n) is 12.1. The van der Waals surface area contributed by atoms with Crippen LogP contribution in [0.3, 0.4) is 0 Å². The number of β-amino-alcohol motifs (C(OH)–C–C–N with tert-alkyl or cyclic N) is 2. The number of amides is 1. The Bertz CT molecular complexity index is 1130. The topological polar surface area (TPSA) is 112 Å². The summed E-state index contributed by atoms with van der Waals surface area (Å²) in [4.78, 5) is 20.4. The summed E-state index contributed by atoms with van der Waals surface area (Å²) in [6.45, 7) is 3.53. The predicted molar refractivity (Wildman–Crippen MR) is 131 cm³/mol. The van der Waals surface area contributed by atoms with Gasteiger partial charge in [-0.1, -0.05) is 11.6 Å². The molecule has 2 saturated heterocycles. The molecular formula is C26H31ClN2O7. The molecule has 2 atom stereocenters. The van der Waals surface area contributed by atoms with Crippen LogP contribution in [0.25, 0.3) is 0 Å². The van der Waals surface area contributed by atoms with Crippen LogP contribution < -0.4 is 9.47 Å². The van der Waals surface area contributed by atoms with Gasteiger partial charge in [-0.25, -0.2) is 5.06 Å². The van der Waals surface area contributed by atoms with E-state index in [1.165, 1.54) is 18.2 Å². The van der Waals surface area contributed by atoms with Gasteiger partial charge in [0.2, 0.25) is 0 Å². The molecule has 0 radical (unpaired) electrons. The third kappa shape index (κ3) is 5.40. The fourth-order valence-electron chi connectivity index (χ4n) is 5.05. The number of phenolic OH excluding ortho intramolecular Hbond substituents is 1. The van der Waals surface area contributed by atoms with Crippen LogP contribution in [0.5, 0.6) is 17.2 Å². The van der Waals surface area contributed by atoms with Crippen LogP contribution >= 0.6 is 11.6 Å². The molecule has 0 saturated carbocycles. The quantitative estimate of drug-likeness (QED) is 0.534. The van der Waals surface area contributed by atoms with Crippen molar-refractivity contribution in [1.82, 2.24) is 9.96 Å². The molecule has 194 valence electrons. The summed E-state index contributed by atoms with van der Waals surface area (Å²) in [7, 11) is 0. The number of hydrogen-bond donors (Lipinski definition) is 3. The number of hydrogen-bond acceptors (Lipinski definition) is 8. The van der Waals surface area contributed by atoms with E-state index in [2.05, 4.69) is 4.90 Å². The summed E-state index contributed by atoms with van der Waals surface area (Å²) in [5.74, 6) is 0.492. The van der Waals surface area contributed by atoms with Gasteiger partial charge in [-0.3, -0.25) is 9.63 Å². The minimum Gasteiger partial charge on any atom is -0.508 e. The number of rotatable bonds is 6. The van der Waals surface area contributed by atoms with Crippen molar-refractivity contribution >= 4 is 17.5 Å². The van der Waals surface area contributed by atoms with E-state index in [0.717, 1.165) is 48.7 Å². The molecule has 0 bridgehead atoms. The number of phenols is 1. The number of ether oxygens (including phenoxy) is 2. The van der Waals surface area contributed by atoms with E-state index in [1.807, 2.05) is 18.2 Å². The van der Waals surface area contributed by atoms with Gasteiger partial charge in [0.15, 0.2) is 0 Å². The number of halogens is 1. The van der Waals surface area contributed by atoms with Crippen LogP contribution in [-0.2, 0) is 11.3 Å². The highest BCUT2D eigenvalue weighted by atomic mass is 35.5. The molecule has 2 fully saturated rings. The maximum atomic E-state index is 12.9. The van der Waals surface area contributed by atoms with Crippen LogP contribution in [0.4, 0.5) is 0 Å². The van der Waals surface area contributed by atoms with E-state index < -0.39 is 17.6 Å². The molecule has 10 heteroatoms. The largest absolute Gasteiger partial charge is 0.508 e.